The van der Waals surface area contributed by atoms with Crippen LogP contribution in [0.2, 0.25) is 0 Å². The van der Waals surface area contributed by atoms with Gasteiger partial charge in [0.05, 0.1) is 12.2 Å². The third-order valence-corrected chi connectivity index (χ3v) is 3.67. The van der Waals surface area contributed by atoms with E-state index in [1.807, 2.05) is 49.4 Å². The Hall–Kier alpha value is -2.55. The number of aromatic amines is 1. The van der Waals surface area contributed by atoms with Crippen LogP contribution in [0.15, 0.2) is 59.4 Å². The Bertz CT molecular complexity index is 813. The molecule has 3 rings (SSSR count). The molecule has 1 heterocycles. The van der Waals surface area contributed by atoms with Crippen LogP contribution in [-0.4, -0.2) is 9.78 Å². The number of hydrogen-bond acceptors (Lipinski definition) is 1. The van der Waals surface area contributed by atoms with Crippen molar-refractivity contribution in [2.75, 3.05) is 0 Å². The molecule has 106 valence electrons. The molecule has 3 nitrogen and oxygen atoms in total. The van der Waals surface area contributed by atoms with Gasteiger partial charge in [-0.3, -0.25) is 9.89 Å². The molecule has 0 saturated carbocycles. The minimum atomic E-state index is 0.0374. The lowest BCUT2D eigenvalue weighted by Gasteiger charge is -2.04. The van der Waals surface area contributed by atoms with Crippen LogP contribution >= 0.6 is 0 Å². The van der Waals surface area contributed by atoms with Crippen LogP contribution in [-0.2, 0) is 6.54 Å². The van der Waals surface area contributed by atoms with Crippen molar-refractivity contribution in [3.8, 4) is 11.3 Å². The first kappa shape index (κ1) is 13.4. The van der Waals surface area contributed by atoms with E-state index in [-0.39, 0.29) is 5.56 Å². The second kappa shape index (κ2) is 5.44. The molecule has 21 heavy (non-hydrogen) atoms. The predicted octanol–water partition coefficient (Wildman–Crippen LogP) is 3.51. The third-order valence-electron chi connectivity index (χ3n) is 3.67. The molecule has 0 atom stereocenters. The summed E-state index contributed by atoms with van der Waals surface area (Å²) in [6, 6.07) is 18.2. The first-order valence-electron chi connectivity index (χ1n) is 7.05. The maximum Gasteiger partial charge on any atom is 0.270 e. The fraction of sp³-hybridized carbons (Fsp3) is 0.167. The Balaban J connectivity index is 2.00. The van der Waals surface area contributed by atoms with Gasteiger partial charge < -0.3 is 0 Å². The largest absolute Gasteiger partial charge is 0.294 e. The average Bonchev–Trinajstić information content (AvgIpc) is 2.77. The summed E-state index contributed by atoms with van der Waals surface area (Å²) in [6.45, 7) is 4.49. The van der Waals surface area contributed by atoms with E-state index in [1.165, 1.54) is 5.56 Å². The van der Waals surface area contributed by atoms with Gasteiger partial charge in [-0.15, -0.1) is 0 Å². The van der Waals surface area contributed by atoms with Crippen molar-refractivity contribution in [3.05, 3.63) is 81.6 Å². The quantitative estimate of drug-likeness (QED) is 0.782. The van der Waals surface area contributed by atoms with Crippen molar-refractivity contribution in [2.24, 2.45) is 0 Å². The van der Waals surface area contributed by atoms with Crippen LogP contribution in [0.3, 0.4) is 0 Å². The van der Waals surface area contributed by atoms with E-state index in [4.69, 9.17) is 0 Å². The second-order valence-corrected chi connectivity index (χ2v) is 5.36. The molecule has 0 spiro atoms. The highest BCUT2D eigenvalue weighted by molar-refractivity contribution is 5.62. The maximum absolute atomic E-state index is 12.4. The number of nitrogens with one attached hydrogen (secondary N) is 1. The van der Waals surface area contributed by atoms with Crippen LogP contribution in [0.5, 0.6) is 0 Å². The summed E-state index contributed by atoms with van der Waals surface area (Å²) in [5.41, 5.74) is 5.05. The number of aryl methyl sites for hydroxylation is 1. The zero-order chi connectivity index (χ0) is 14.8. The van der Waals surface area contributed by atoms with Crippen LogP contribution < -0.4 is 5.56 Å². The van der Waals surface area contributed by atoms with E-state index >= 15 is 0 Å². The van der Waals surface area contributed by atoms with Gasteiger partial charge in [-0.25, -0.2) is 4.68 Å². The monoisotopic (exact) mass is 278 g/mol. The minimum Gasteiger partial charge on any atom is -0.294 e. The summed E-state index contributed by atoms with van der Waals surface area (Å²) in [7, 11) is 0. The van der Waals surface area contributed by atoms with Gasteiger partial charge >= 0.3 is 0 Å². The highest BCUT2D eigenvalue weighted by atomic mass is 16.1. The Kier molecular flexibility index (Phi) is 3.48. The molecule has 1 N–H and O–H groups in total. The third kappa shape index (κ3) is 2.68. The zero-order valence-corrected chi connectivity index (χ0v) is 12.3. The summed E-state index contributed by atoms with van der Waals surface area (Å²) in [5.74, 6) is 0. The highest BCUT2D eigenvalue weighted by Gasteiger charge is 2.11. The fourth-order valence-corrected chi connectivity index (χ4v) is 2.57. The summed E-state index contributed by atoms with van der Waals surface area (Å²) >= 11 is 0. The summed E-state index contributed by atoms with van der Waals surface area (Å²) in [5, 5.41) is 3.24. The lowest BCUT2D eigenvalue weighted by atomic mass is 10.1. The Labute approximate surface area is 123 Å². The maximum atomic E-state index is 12.4. The van der Waals surface area contributed by atoms with Crippen LogP contribution in [0, 0.1) is 13.8 Å². The van der Waals surface area contributed by atoms with Crippen molar-refractivity contribution < 1.29 is 0 Å². The molecule has 0 aliphatic carbocycles. The van der Waals surface area contributed by atoms with Crippen molar-refractivity contribution in [3.63, 3.8) is 0 Å². The summed E-state index contributed by atoms with van der Waals surface area (Å²) < 4.78 is 1.67. The van der Waals surface area contributed by atoms with E-state index in [9.17, 15) is 4.79 Å². The highest BCUT2D eigenvalue weighted by Crippen LogP contribution is 2.18. The standard InChI is InChI=1S/C18H18N2O/c1-13-7-6-8-15(11-13)12-20-18(21)14(2)17(19-20)16-9-4-3-5-10-16/h3-11,19H,12H2,1-2H3. The molecule has 0 bridgehead atoms. The molecule has 1 aromatic heterocycles. The molecule has 0 aliphatic heterocycles. The first-order valence-corrected chi connectivity index (χ1v) is 7.05. The van der Waals surface area contributed by atoms with E-state index in [2.05, 4.69) is 24.2 Å². The van der Waals surface area contributed by atoms with Crippen LogP contribution in [0.4, 0.5) is 0 Å². The van der Waals surface area contributed by atoms with Crippen LogP contribution in [0.1, 0.15) is 16.7 Å². The van der Waals surface area contributed by atoms with Gasteiger partial charge in [0, 0.05) is 5.56 Å². The molecule has 2 aromatic carbocycles. The van der Waals surface area contributed by atoms with Crippen molar-refractivity contribution in [1.82, 2.24) is 9.78 Å². The minimum absolute atomic E-state index is 0.0374. The molecule has 0 amide bonds. The number of nitrogens with zero attached hydrogens (tertiary/aromatic N) is 1. The fourth-order valence-electron chi connectivity index (χ4n) is 2.57. The number of aromatic nitrogens is 2. The van der Waals surface area contributed by atoms with Gasteiger partial charge in [-0.1, -0.05) is 60.2 Å². The van der Waals surface area contributed by atoms with Gasteiger partial charge in [0.2, 0.25) is 0 Å². The SMILES string of the molecule is Cc1cccc(Cn2[nH]c(-c3ccccc3)c(C)c2=O)c1. The molecular weight excluding hydrogens is 260 g/mol. The number of hydrogen-bond donors (Lipinski definition) is 1. The first-order chi connectivity index (χ1) is 10.1. The van der Waals surface area contributed by atoms with E-state index in [0.717, 1.165) is 22.4 Å². The van der Waals surface area contributed by atoms with Gasteiger partial charge in [0.15, 0.2) is 0 Å². The molecule has 3 heteroatoms. The van der Waals surface area contributed by atoms with Crippen molar-refractivity contribution in [2.45, 2.75) is 20.4 Å². The number of benzene rings is 2. The lowest BCUT2D eigenvalue weighted by Crippen LogP contribution is -2.18. The molecule has 0 unspecified atom stereocenters. The van der Waals surface area contributed by atoms with Gasteiger partial charge in [-0.05, 0) is 25.0 Å². The lowest BCUT2D eigenvalue weighted by molar-refractivity contribution is 0.664. The number of H-pyrrole nitrogens is 1. The Morgan fingerprint density at radius 3 is 2.48 bits per heavy atom. The smallest absolute Gasteiger partial charge is 0.270 e. The molecule has 0 fully saturated rings. The summed E-state index contributed by atoms with van der Waals surface area (Å²) in [6.07, 6.45) is 0. The van der Waals surface area contributed by atoms with E-state index in [0.29, 0.717) is 6.54 Å². The van der Waals surface area contributed by atoms with Gasteiger partial charge in [0.1, 0.15) is 0 Å². The topological polar surface area (TPSA) is 37.8 Å². The molecule has 0 aliphatic rings. The Morgan fingerprint density at radius 1 is 1.00 bits per heavy atom. The van der Waals surface area contributed by atoms with E-state index in [1.54, 1.807) is 4.68 Å². The van der Waals surface area contributed by atoms with Crippen LogP contribution in [0.25, 0.3) is 11.3 Å². The molecular formula is C18H18N2O. The second-order valence-electron chi connectivity index (χ2n) is 5.36. The van der Waals surface area contributed by atoms with E-state index < -0.39 is 0 Å². The summed E-state index contributed by atoms with van der Waals surface area (Å²) in [4.78, 5) is 12.4. The predicted molar refractivity (Wildman–Crippen MR) is 85.5 cm³/mol. The zero-order valence-electron chi connectivity index (χ0n) is 12.3. The normalized spacial score (nSPS) is 10.8. The van der Waals surface area contributed by atoms with Crippen molar-refractivity contribution >= 4 is 0 Å². The number of rotatable bonds is 3. The molecule has 3 aromatic rings. The average molecular weight is 278 g/mol. The van der Waals surface area contributed by atoms with Gasteiger partial charge in [-0.2, -0.15) is 0 Å². The van der Waals surface area contributed by atoms with Crippen molar-refractivity contribution in [1.29, 1.82) is 0 Å². The molecule has 0 radical (unpaired) electrons. The molecule has 0 saturated heterocycles. The van der Waals surface area contributed by atoms with Gasteiger partial charge in [0.25, 0.3) is 5.56 Å². The Morgan fingerprint density at radius 2 is 1.76 bits per heavy atom.